The van der Waals surface area contributed by atoms with Gasteiger partial charge in [0.1, 0.15) is 11.4 Å². The molecule has 4 nitrogen and oxygen atoms in total. The van der Waals surface area contributed by atoms with E-state index in [2.05, 4.69) is 22.8 Å². The van der Waals surface area contributed by atoms with E-state index in [0.717, 1.165) is 23.6 Å². The smallest absolute Gasteiger partial charge is 0.250 e. The molecule has 1 atom stereocenters. The highest BCUT2D eigenvalue weighted by Crippen LogP contribution is 2.26. The molecule has 0 heterocycles. The number of nitrogens with one attached hydrogen (secondary N) is 2. The molecule has 2 N–H and O–H groups in total. The van der Waals surface area contributed by atoms with Crippen LogP contribution < -0.4 is 10.6 Å². The van der Waals surface area contributed by atoms with Crippen molar-refractivity contribution >= 4 is 23.1 Å². The van der Waals surface area contributed by atoms with Crippen molar-refractivity contribution in [3.63, 3.8) is 0 Å². The van der Waals surface area contributed by atoms with Crippen molar-refractivity contribution in [1.82, 2.24) is 10.6 Å². The predicted octanol–water partition coefficient (Wildman–Crippen LogP) is 3.69. The Kier molecular flexibility index (Phi) is 6.04. The Labute approximate surface area is 163 Å². The fraction of sp³-hybridized carbons (Fsp3) is 0.217. The molecule has 5 heteroatoms. The summed E-state index contributed by atoms with van der Waals surface area (Å²) in [6.45, 7) is 2.17. The van der Waals surface area contributed by atoms with Crippen LogP contribution in [0.15, 0.2) is 66.7 Å². The number of carbonyl (C=O) groups excluding carboxylic acids is 2. The van der Waals surface area contributed by atoms with Crippen molar-refractivity contribution in [2.24, 2.45) is 0 Å². The van der Waals surface area contributed by atoms with Crippen LogP contribution in [0.4, 0.5) is 4.39 Å². The van der Waals surface area contributed by atoms with Gasteiger partial charge in [-0.2, -0.15) is 0 Å². The molecule has 0 saturated heterocycles. The van der Waals surface area contributed by atoms with Crippen LogP contribution in [0.1, 0.15) is 24.5 Å². The zero-order chi connectivity index (χ0) is 20.0. The molecule has 0 aliphatic carbocycles. The fourth-order valence-corrected chi connectivity index (χ4v) is 3.24. The van der Waals surface area contributed by atoms with E-state index < -0.39 is 5.54 Å². The van der Waals surface area contributed by atoms with Crippen molar-refractivity contribution in [1.29, 1.82) is 0 Å². The molecule has 0 aromatic heterocycles. The van der Waals surface area contributed by atoms with Crippen LogP contribution >= 0.6 is 0 Å². The topological polar surface area (TPSA) is 58.2 Å². The summed E-state index contributed by atoms with van der Waals surface area (Å²) in [6, 6.07) is 19.8. The summed E-state index contributed by atoms with van der Waals surface area (Å²) < 4.78 is 13.4. The highest BCUT2D eigenvalue weighted by atomic mass is 19.1. The predicted molar refractivity (Wildman–Crippen MR) is 108 cm³/mol. The first kappa shape index (κ1) is 19.5. The van der Waals surface area contributed by atoms with Gasteiger partial charge in [-0.25, -0.2) is 4.39 Å². The van der Waals surface area contributed by atoms with Gasteiger partial charge < -0.3 is 10.6 Å². The van der Waals surface area contributed by atoms with E-state index in [0.29, 0.717) is 18.5 Å². The molecule has 0 aliphatic heterocycles. The first-order valence-electron chi connectivity index (χ1n) is 9.26. The molecule has 0 bridgehead atoms. The van der Waals surface area contributed by atoms with Crippen LogP contribution in [0.5, 0.6) is 0 Å². The summed E-state index contributed by atoms with van der Waals surface area (Å²) in [6.07, 6.45) is 2.18. The van der Waals surface area contributed by atoms with Gasteiger partial charge in [-0.1, -0.05) is 48.5 Å². The number of hydrogen-bond donors (Lipinski definition) is 2. The minimum absolute atomic E-state index is 0.283. The minimum Gasteiger partial charge on any atom is -0.354 e. The first-order chi connectivity index (χ1) is 13.5. The van der Waals surface area contributed by atoms with E-state index in [1.807, 2.05) is 18.2 Å². The summed E-state index contributed by atoms with van der Waals surface area (Å²) in [4.78, 5) is 24.0. The lowest BCUT2D eigenvalue weighted by Crippen LogP contribution is -2.52. The van der Waals surface area contributed by atoms with Crippen molar-refractivity contribution in [3.05, 3.63) is 83.7 Å². The first-order valence-corrected chi connectivity index (χ1v) is 9.26. The molecule has 0 radical (unpaired) electrons. The molecule has 2 amide bonds. The lowest BCUT2D eigenvalue weighted by atomic mass is 9.89. The lowest BCUT2D eigenvalue weighted by molar-refractivity contribution is -0.130. The largest absolute Gasteiger partial charge is 0.354 e. The molecule has 0 aliphatic rings. The number of benzene rings is 3. The maximum Gasteiger partial charge on any atom is 0.250 e. The van der Waals surface area contributed by atoms with Crippen molar-refractivity contribution in [3.8, 4) is 0 Å². The molecular formula is C23H23FN2O2. The second kappa shape index (κ2) is 8.65. The summed E-state index contributed by atoms with van der Waals surface area (Å²) >= 11 is 0. The van der Waals surface area contributed by atoms with Gasteiger partial charge in [-0.15, -0.1) is 0 Å². The fourth-order valence-electron chi connectivity index (χ4n) is 3.24. The number of rotatable bonds is 8. The summed E-state index contributed by atoms with van der Waals surface area (Å²) in [5.74, 6) is -0.598. The quantitative estimate of drug-likeness (QED) is 0.464. The molecule has 1 unspecified atom stereocenters. The van der Waals surface area contributed by atoms with Gasteiger partial charge in [-0.3, -0.25) is 9.59 Å². The van der Waals surface area contributed by atoms with Gasteiger partial charge in [0.05, 0.1) is 0 Å². The van der Waals surface area contributed by atoms with Gasteiger partial charge in [-0.05, 0) is 59.9 Å². The average molecular weight is 378 g/mol. The Morgan fingerprint density at radius 3 is 2.50 bits per heavy atom. The van der Waals surface area contributed by atoms with Crippen molar-refractivity contribution in [2.45, 2.75) is 25.3 Å². The molecule has 0 saturated carbocycles. The third-order valence-corrected chi connectivity index (χ3v) is 4.95. The van der Waals surface area contributed by atoms with Crippen LogP contribution in [-0.4, -0.2) is 18.9 Å². The SMILES string of the molecule is CC(NC=O)(C(=O)NCCCc1ccccc1)c1ccc2cc(F)ccc2c1. The average Bonchev–Trinajstić information content (AvgIpc) is 2.71. The Hall–Kier alpha value is -3.21. The third kappa shape index (κ3) is 4.36. The van der Waals surface area contributed by atoms with Gasteiger partial charge >= 0.3 is 0 Å². The summed E-state index contributed by atoms with van der Waals surface area (Å²) in [7, 11) is 0. The van der Waals surface area contributed by atoms with Gasteiger partial charge in [0, 0.05) is 6.54 Å². The Bertz CT molecular complexity index is 975. The number of amides is 2. The van der Waals surface area contributed by atoms with E-state index in [-0.39, 0.29) is 11.7 Å². The van der Waals surface area contributed by atoms with E-state index in [1.54, 1.807) is 31.2 Å². The van der Waals surface area contributed by atoms with Crippen LogP contribution in [0, 0.1) is 5.82 Å². The number of fused-ring (bicyclic) bond motifs is 1. The van der Waals surface area contributed by atoms with E-state index in [9.17, 15) is 14.0 Å². The monoisotopic (exact) mass is 378 g/mol. The maximum atomic E-state index is 13.4. The number of carbonyl (C=O) groups is 2. The van der Waals surface area contributed by atoms with Crippen LogP contribution in [0.2, 0.25) is 0 Å². The zero-order valence-corrected chi connectivity index (χ0v) is 15.7. The molecule has 0 spiro atoms. The number of hydrogen-bond acceptors (Lipinski definition) is 2. The maximum absolute atomic E-state index is 13.4. The van der Waals surface area contributed by atoms with Crippen LogP contribution in [0.3, 0.4) is 0 Å². The molecule has 0 fully saturated rings. The van der Waals surface area contributed by atoms with E-state index in [1.165, 1.54) is 17.7 Å². The minimum atomic E-state index is -1.21. The number of aryl methyl sites for hydroxylation is 1. The van der Waals surface area contributed by atoms with Gasteiger partial charge in [0.25, 0.3) is 0 Å². The normalized spacial score (nSPS) is 12.9. The second-order valence-electron chi connectivity index (χ2n) is 6.94. The van der Waals surface area contributed by atoms with Crippen molar-refractivity contribution < 1.29 is 14.0 Å². The van der Waals surface area contributed by atoms with Crippen LogP contribution in [0.25, 0.3) is 10.8 Å². The summed E-state index contributed by atoms with van der Waals surface area (Å²) in [5, 5.41) is 7.09. The Balaban J connectivity index is 1.72. The van der Waals surface area contributed by atoms with Gasteiger partial charge in [0.15, 0.2) is 0 Å². The number of halogens is 1. The highest BCUT2D eigenvalue weighted by Gasteiger charge is 2.34. The Morgan fingerprint density at radius 2 is 1.75 bits per heavy atom. The highest BCUT2D eigenvalue weighted by molar-refractivity contribution is 5.91. The van der Waals surface area contributed by atoms with Crippen LogP contribution in [-0.2, 0) is 21.5 Å². The lowest BCUT2D eigenvalue weighted by Gasteiger charge is -2.28. The Morgan fingerprint density at radius 1 is 1.04 bits per heavy atom. The third-order valence-electron chi connectivity index (χ3n) is 4.95. The standard InChI is InChI=1S/C23H23FN2O2/c1-23(26-16-27,20-11-9-19-15-21(24)12-10-18(19)14-20)22(28)25-13-5-8-17-6-3-2-4-7-17/h2-4,6-7,9-12,14-16H,5,8,13H2,1H3,(H,25,28)(H,26,27). The zero-order valence-electron chi connectivity index (χ0n) is 15.7. The molecular weight excluding hydrogens is 355 g/mol. The molecule has 28 heavy (non-hydrogen) atoms. The molecule has 3 aromatic carbocycles. The molecule has 144 valence electrons. The molecule has 3 rings (SSSR count). The molecule has 3 aromatic rings. The van der Waals surface area contributed by atoms with Gasteiger partial charge in [0.2, 0.25) is 12.3 Å². The summed E-state index contributed by atoms with van der Waals surface area (Å²) in [5.41, 5.74) is 0.642. The second-order valence-corrected chi connectivity index (χ2v) is 6.94. The van der Waals surface area contributed by atoms with Crippen molar-refractivity contribution in [2.75, 3.05) is 6.54 Å². The van der Waals surface area contributed by atoms with E-state index in [4.69, 9.17) is 0 Å². The van der Waals surface area contributed by atoms with E-state index >= 15 is 0 Å².